The highest BCUT2D eigenvalue weighted by molar-refractivity contribution is 6.10. The first kappa shape index (κ1) is 21.2. The van der Waals surface area contributed by atoms with Crippen molar-refractivity contribution in [2.75, 3.05) is 19.5 Å². The quantitative estimate of drug-likeness (QED) is 0.410. The third kappa shape index (κ3) is 3.73. The van der Waals surface area contributed by atoms with Crippen molar-refractivity contribution in [1.82, 2.24) is 14.8 Å². The molecule has 9 heteroatoms. The number of aromatic nitrogens is 3. The van der Waals surface area contributed by atoms with E-state index in [9.17, 15) is 14.0 Å². The summed E-state index contributed by atoms with van der Waals surface area (Å²) in [5, 5.41) is 6.86. The second-order valence-corrected chi connectivity index (χ2v) is 7.56. The van der Waals surface area contributed by atoms with Crippen molar-refractivity contribution in [3.63, 3.8) is 0 Å². The van der Waals surface area contributed by atoms with Gasteiger partial charge in [-0.2, -0.15) is 0 Å². The van der Waals surface area contributed by atoms with Crippen molar-refractivity contribution >= 4 is 33.4 Å². The fourth-order valence-corrected chi connectivity index (χ4v) is 3.75. The minimum absolute atomic E-state index is 0.325. The van der Waals surface area contributed by atoms with Gasteiger partial charge in [0.2, 0.25) is 0 Å². The Morgan fingerprint density at radius 3 is 2.35 bits per heavy atom. The molecule has 3 aromatic carbocycles. The van der Waals surface area contributed by atoms with Gasteiger partial charge in [-0.05, 0) is 42.5 Å². The van der Waals surface area contributed by atoms with Crippen LogP contribution in [0.15, 0.2) is 71.7 Å². The second-order valence-electron chi connectivity index (χ2n) is 7.56. The molecule has 1 amide bonds. The van der Waals surface area contributed by atoms with E-state index in [0.29, 0.717) is 50.2 Å². The summed E-state index contributed by atoms with van der Waals surface area (Å²) in [5.74, 6) is 0.330. The monoisotopic (exact) mass is 458 g/mol. The van der Waals surface area contributed by atoms with Crippen LogP contribution in [0.3, 0.4) is 0 Å². The average molecular weight is 458 g/mol. The SMILES string of the molecule is COc1cc(NC(=O)c2ccc3ncc4c(=O)n(-c5ccc(F)cc5)[nH]c4c3c2)cc(OC)c1. The molecule has 0 aliphatic heterocycles. The Balaban J connectivity index is 1.56. The topological polar surface area (TPSA) is 98.2 Å². The van der Waals surface area contributed by atoms with Crippen molar-refractivity contribution in [2.45, 2.75) is 0 Å². The van der Waals surface area contributed by atoms with Crippen LogP contribution < -0.4 is 20.3 Å². The second kappa shape index (κ2) is 8.36. The highest BCUT2D eigenvalue weighted by Crippen LogP contribution is 2.27. The number of pyridine rings is 1. The first-order chi connectivity index (χ1) is 16.5. The first-order valence-electron chi connectivity index (χ1n) is 10.3. The Labute approximate surface area is 192 Å². The van der Waals surface area contributed by atoms with Crippen molar-refractivity contribution in [1.29, 1.82) is 0 Å². The van der Waals surface area contributed by atoms with Gasteiger partial charge in [0.05, 0.1) is 36.3 Å². The number of ether oxygens (including phenoxy) is 2. The Bertz CT molecular complexity index is 1580. The summed E-state index contributed by atoms with van der Waals surface area (Å²) in [6.45, 7) is 0. The van der Waals surface area contributed by atoms with Gasteiger partial charge in [-0.1, -0.05) is 0 Å². The van der Waals surface area contributed by atoms with Gasteiger partial charge in [-0.3, -0.25) is 19.7 Å². The molecule has 170 valence electrons. The van der Waals surface area contributed by atoms with E-state index in [-0.39, 0.29) is 11.5 Å². The number of rotatable bonds is 5. The number of nitrogens with one attached hydrogen (secondary N) is 2. The van der Waals surface area contributed by atoms with E-state index in [4.69, 9.17) is 9.47 Å². The van der Waals surface area contributed by atoms with Gasteiger partial charge in [0, 0.05) is 41.0 Å². The van der Waals surface area contributed by atoms with E-state index in [1.807, 2.05) is 0 Å². The number of carbonyl (C=O) groups is 1. The molecule has 0 atom stereocenters. The fourth-order valence-electron chi connectivity index (χ4n) is 3.75. The van der Waals surface area contributed by atoms with Gasteiger partial charge in [0.1, 0.15) is 17.3 Å². The molecule has 0 bridgehead atoms. The molecule has 2 N–H and O–H groups in total. The number of aromatic amines is 1. The lowest BCUT2D eigenvalue weighted by atomic mass is 10.1. The zero-order valence-corrected chi connectivity index (χ0v) is 18.3. The lowest BCUT2D eigenvalue weighted by molar-refractivity contribution is 0.102. The molecule has 0 radical (unpaired) electrons. The van der Waals surface area contributed by atoms with Crippen molar-refractivity contribution in [2.24, 2.45) is 0 Å². The molecule has 2 heterocycles. The van der Waals surface area contributed by atoms with Crippen LogP contribution in [0, 0.1) is 5.82 Å². The van der Waals surface area contributed by atoms with Crippen LogP contribution in [-0.2, 0) is 0 Å². The van der Waals surface area contributed by atoms with Gasteiger partial charge in [0.15, 0.2) is 0 Å². The number of nitrogens with zero attached hydrogens (tertiary/aromatic N) is 2. The standard InChI is InChI=1S/C25H19FN4O4/c1-33-18-10-16(11-19(12-18)34-2)28-24(31)14-3-8-22-20(9-14)23-21(13-27-22)25(32)30(29-23)17-6-4-15(26)5-7-17/h3-13,29H,1-2H3,(H,28,31). The Hall–Kier alpha value is -4.66. The molecule has 0 fully saturated rings. The summed E-state index contributed by atoms with van der Waals surface area (Å²) in [6.07, 6.45) is 1.48. The average Bonchev–Trinajstić information content (AvgIpc) is 3.20. The molecule has 34 heavy (non-hydrogen) atoms. The molecule has 0 aliphatic carbocycles. The normalized spacial score (nSPS) is 11.0. The van der Waals surface area contributed by atoms with E-state index in [1.54, 1.807) is 36.4 Å². The first-order valence-corrected chi connectivity index (χ1v) is 10.3. The molecular weight excluding hydrogens is 439 g/mol. The number of hydrogen-bond acceptors (Lipinski definition) is 5. The molecule has 2 aromatic heterocycles. The minimum atomic E-state index is -0.399. The van der Waals surface area contributed by atoms with Crippen LogP contribution in [0.1, 0.15) is 10.4 Å². The number of H-pyrrole nitrogens is 1. The summed E-state index contributed by atoms with van der Waals surface area (Å²) in [6, 6.07) is 15.7. The summed E-state index contributed by atoms with van der Waals surface area (Å²) >= 11 is 0. The van der Waals surface area contributed by atoms with Gasteiger partial charge in [0.25, 0.3) is 11.5 Å². The number of fused-ring (bicyclic) bond motifs is 3. The number of anilines is 1. The third-order valence-electron chi connectivity index (χ3n) is 5.48. The maximum Gasteiger partial charge on any atom is 0.280 e. The van der Waals surface area contributed by atoms with E-state index in [2.05, 4.69) is 15.4 Å². The van der Waals surface area contributed by atoms with Crippen LogP contribution in [-0.4, -0.2) is 34.9 Å². The molecular formula is C25H19FN4O4. The van der Waals surface area contributed by atoms with Crippen LogP contribution >= 0.6 is 0 Å². The zero-order chi connectivity index (χ0) is 23.8. The Kier molecular flexibility index (Phi) is 5.21. The summed E-state index contributed by atoms with van der Waals surface area (Å²) in [4.78, 5) is 30.3. The van der Waals surface area contributed by atoms with Crippen molar-refractivity contribution in [3.05, 3.63) is 88.6 Å². The number of benzene rings is 3. The molecule has 5 rings (SSSR count). The molecule has 0 saturated carbocycles. The van der Waals surface area contributed by atoms with E-state index >= 15 is 0 Å². The number of amides is 1. The van der Waals surface area contributed by atoms with Crippen LogP contribution in [0.4, 0.5) is 10.1 Å². The maximum absolute atomic E-state index is 13.3. The number of methoxy groups -OCH3 is 2. The highest BCUT2D eigenvalue weighted by Gasteiger charge is 2.15. The third-order valence-corrected chi connectivity index (χ3v) is 5.48. The lowest BCUT2D eigenvalue weighted by Crippen LogP contribution is -2.14. The van der Waals surface area contributed by atoms with Crippen LogP contribution in [0.25, 0.3) is 27.5 Å². The van der Waals surface area contributed by atoms with Gasteiger partial charge >= 0.3 is 0 Å². The van der Waals surface area contributed by atoms with Crippen molar-refractivity contribution < 1.29 is 18.7 Å². The molecule has 0 saturated heterocycles. The fraction of sp³-hybridized carbons (Fsp3) is 0.0800. The van der Waals surface area contributed by atoms with Gasteiger partial charge in [-0.25, -0.2) is 9.07 Å². The molecule has 0 aliphatic rings. The summed E-state index contributed by atoms with van der Waals surface area (Å²) < 4.78 is 25.1. The van der Waals surface area contributed by atoms with Gasteiger partial charge < -0.3 is 14.8 Å². The minimum Gasteiger partial charge on any atom is -0.497 e. The molecule has 0 unspecified atom stereocenters. The Morgan fingerprint density at radius 2 is 1.68 bits per heavy atom. The maximum atomic E-state index is 13.3. The smallest absolute Gasteiger partial charge is 0.280 e. The van der Waals surface area contributed by atoms with E-state index in [1.165, 1.54) is 49.4 Å². The predicted molar refractivity (Wildman–Crippen MR) is 127 cm³/mol. The lowest BCUT2D eigenvalue weighted by Gasteiger charge is -2.10. The Morgan fingerprint density at radius 1 is 0.971 bits per heavy atom. The van der Waals surface area contributed by atoms with Crippen LogP contribution in [0.2, 0.25) is 0 Å². The number of halogens is 1. The number of hydrogen-bond donors (Lipinski definition) is 2. The van der Waals surface area contributed by atoms with E-state index in [0.717, 1.165) is 0 Å². The molecule has 8 nitrogen and oxygen atoms in total. The highest BCUT2D eigenvalue weighted by atomic mass is 19.1. The van der Waals surface area contributed by atoms with Crippen LogP contribution in [0.5, 0.6) is 11.5 Å². The molecule has 0 spiro atoms. The zero-order valence-electron chi connectivity index (χ0n) is 18.3. The molecule has 5 aromatic rings. The van der Waals surface area contributed by atoms with Crippen molar-refractivity contribution in [3.8, 4) is 17.2 Å². The predicted octanol–water partition coefficient (Wildman–Crippen LogP) is 4.28. The summed E-state index contributed by atoms with van der Waals surface area (Å²) in [5.41, 5.74) is 2.18. The van der Waals surface area contributed by atoms with E-state index < -0.39 is 5.82 Å². The van der Waals surface area contributed by atoms with Gasteiger partial charge in [-0.15, -0.1) is 0 Å². The summed E-state index contributed by atoms with van der Waals surface area (Å²) in [7, 11) is 3.06. The number of carbonyl (C=O) groups excluding carboxylic acids is 1. The largest absolute Gasteiger partial charge is 0.497 e.